The summed E-state index contributed by atoms with van der Waals surface area (Å²) < 4.78 is 16.6. The highest BCUT2D eigenvalue weighted by Gasteiger charge is 2.37. The number of hydrogen-bond acceptors (Lipinski definition) is 5. The summed E-state index contributed by atoms with van der Waals surface area (Å²) in [6.45, 7) is 2.64. The first-order valence-corrected chi connectivity index (χ1v) is 12.1. The number of nitrogens with zero attached hydrogens (tertiary/aromatic N) is 2. The average molecular weight is 495 g/mol. The lowest BCUT2D eigenvalue weighted by atomic mass is 10.1. The smallest absolute Gasteiger partial charge is 0.245 e. The van der Waals surface area contributed by atoms with Crippen molar-refractivity contribution in [2.45, 2.75) is 44.3 Å². The monoisotopic (exact) mass is 494 g/mol. The SMILES string of the molecule is Cc1ccc(CN(Cc2ccc3c(c2)OCO3)C(=O)CN(C(=O)C(Cl)c2ccccc2)C2CC2)o1. The first-order valence-electron chi connectivity index (χ1n) is 11.7. The van der Waals surface area contributed by atoms with Gasteiger partial charge in [0.15, 0.2) is 11.5 Å². The van der Waals surface area contributed by atoms with Crippen molar-refractivity contribution in [3.05, 3.63) is 83.3 Å². The molecule has 35 heavy (non-hydrogen) atoms. The van der Waals surface area contributed by atoms with Gasteiger partial charge in [-0.15, -0.1) is 11.6 Å². The van der Waals surface area contributed by atoms with Gasteiger partial charge in [-0.3, -0.25) is 9.59 Å². The molecule has 0 N–H and O–H groups in total. The van der Waals surface area contributed by atoms with Crippen molar-refractivity contribution in [1.29, 1.82) is 0 Å². The van der Waals surface area contributed by atoms with Crippen LogP contribution in [0.5, 0.6) is 11.5 Å². The van der Waals surface area contributed by atoms with E-state index in [2.05, 4.69) is 0 Å². The number of aryl methyl sites for hydroxylation is 1. The molecule has 1 saturated carbocycles. The Bertz CT molecular complexity index is 1210. The van der Waals surface area contributed by atoms with E-state index in [-0.39, 0.29) is 37.7 Å². The number of halogens is 1. The molecule has 2 aliphatic rings. The van der Waals surface area contributed by atoms with Gasteiger partial charge in [-0.1, -0.05) is 36.4 Å². The summed E-state index contributed by atoms with van der Waals surface area (Å²) >= 11 is 6.55. The van der Waals surface area contributed by atoms with Crippen LogP contribution in [0.25, 0.3) is 0 Å². The number of rotatable bonds is 9. The maximum Gasteiger partial charge on any atom is 0.245 e. The second-order valence-electron chi connectivity index (χ2n) is 8.92. The van der Waals surface area contributed by atoms with E-state index in [9.17, 15) is 9.59 Å². The van der Waals surface area contributed by atoms with Gasteiger partial charge in [-0.25, -0.2) is 0 Å². The Morgan fingerprint density at radius 2 is 1.77 bits per heavy atom. The van der Waals surface area contributed by atoms with Crippen molar-refractivity contribution in [2.24, 2.45) is 0 Å². The number of amides is 2. The van der Waals surface area contributed by atoms with Gasteiger partial charge in [0.2, 0.25) is 18.6 Å². The molecule has 7 nitrogen and oxygen atoms in total. The second-order valence-corrected chi connectivity index (χ2v) is 9.36. The van der Waals surface area contributed by atoms with Gasteiger partial charge in [0.25, 0.3) is 0 Å². The van der Waals surface area contributed by atoms with E-state index in [0.29, 0.717) is 23.8 Å². The predicted octanol–water partition coefficient (Wildman–Crippen LogP) is 4.82. The number of carbonyl (C=O) groups excluding carboxylic acids is 2. The van der Waals surface area contributed by atoms with E-state index in [1.165, 1.54) is 0 Å². The summed E-state index contributed by atoms with van der Waals surface area (Å²) in [6, 6.07) is 18.6. The lowest BCUT2D eigenvalue weighted by molar-refractivity contribution is -0.141. The fourth-order valence-electron chi connectivity index (χ4n) is 4.18. The van der Waals surface area contributed by atoms with Crippen LogP contribution in [0.4, 0.5) is 0 Å². The highest BCUT2D eigenvalue weighted by molar-refractivity contribution is 6.30. The van der Waals surface area contributed by atoms with Gasteiger partial charge in [-0.2, -0.15) is 0 Å². The molecule has 1 aliphatic carbocycles. The Morgan fingerprint density at radius 3 is 2.49 bits per heavy atom. The van der Waals surface area contributed by atoms with E-state index in [4.69, 9.17) is 25.5 Å². The minimum atomic E-state index is -0.834. The summed E-state index contributed by atoms with van der Waals surface area (Å²) in [5, 5.41) is -0.834. The van der Waals surface area contributed by atoms with Crippen molar-refractivity contribution >= 4 is 23.4 Å². The summed E-state index contributed by atoms with van der Waals surface area (Å²) in [5.74, 6) is 2.39. The van der Waals surface area contributed by atoms with Crippen LogP contribution in [0, 0.1) is 6.92 Å². The molecular weight excluding hydrogens is 468 g/mol. The van der Waals surface area contributed by atoms with Crippen LogP contribution in [0.3, 0.4) is 0 Å². The number of carbonyl (C=O) groups is 2. The Hall–Kier alpha value is -3.45. The largest absolute Gasteiger partial charge is 0.464 e. The molecule has 0 spiro atoms. The Labute approximate surface area is 209 Å². The average Bonchev–Trinajstić information content (AvgIpc) is 3.46. The molecule has 1 fully saturated rings. The zero-order chi connectivity index (χ0) is 24.4. The van der Waals surface area contributed by atoms with Crippen LogP contribution in [-0.2, 0) is 22.7 Å². The second kappa shape index (κ2) is 10.0. The molecule has 3 aromatic rings. The number of alkyl halides is 1. The first-order chi connectivity index (χ1) is 17.0. The van der Waals surface area contributed by atoms with Crippen molar-refractivity contribution in [3.63, 3.8) is 0 Å². The third kappa shape index (κ3) is 5.46. The predicted molar refractivity (Wildman–Crippen MR) is 130 cm³/mol. The normalized spacial score (nSPS) is 15.0. The summed E-state index contributed by atoms with van der Waals surface area (Å²) in [7, 11) is 0. The van der Waals surface area contributed by atoms with Gasteiger partial charge in [-0.05, 0) is 55.2 Å². The summed E-state index contributed by atoms with van der Waals surface area (Å²) in [5.41, 5.74) is 1.62. The van der Waals surface area contributed by atoms with E-state index in [1.807, 2.05) is 67.6 Å². The third-order valence-corrected chi connectivity index (χ3v) is 6.63. The standard InChI is InChI=1S/C27H27ClN2O5/c1-18-7-11-22(35-18)15-29(14-19-8-12-23-24(13-19)34-17-33-23)25(31)16-30(21-9-10-21)27(32)26(28)20-5-3-2-4-6-20/h2-8,11-13,21,26H,9-10,14-17H2,1H3. The molecule has 1 unspecified atom stereocenters. The molecule has 2 aromatic carbocycles. The van der Waals surface area contributed by atoms with Gasteiger partial charge in [0, 0.05) is 12.6 Å². The van der Waals surface area contributed by atoms with Gasteiger partial charge >= 0.3 is 0 Å². The van der Waals surface area contributed by atoms with E-state index in [0.717, 1.165) is 29.7 Å². The number of furan rings is 1. The summed E-state index contributed by atoms with van der Waals surface area (Å²) in [4.78, 5) is 30.2. The zero-order valence-corrected chi connectivity index (χ0v) is 20.2. The van der Waals surface area contributed by atoms with Crippen LogP contribution in [0.2, 0.25) is 0 Å². The number of fused-ring (bicyclic) bond motifs is 1. The van der Waals surface area contributed by atoms with E-state index in [1.54, 1.807) is 9.80 Å². The highest BCUT2D eigenvalue weighted by atomic mass is 35.5. The molecule has 2 amide bonds. The van der Waals surface area contributed by atoms with Gasteiger partial charge < -0.3 is 23.7 Å². The fraction of sp³-hybridized carbons (Fsp3) is 0.333. The number of hydrogen-bond donors (Lipinski definition) is 0. The third-order valence-electron chi connectivity index (χ3n) is 6.19. The van der Waals surface area contributed by atoms with Crippen LogP contribution in [-0.4, -0.2) is 41.0 Å². The van der Waals surface area contributed by atoms with Crippen molar-refractivity contribution in [1.82, 2.24) is 9.80 Å². The van der Waals surface area contributed by atoms with E-state index >= 15 is 0 Å². The maximum absolute atomic E-state index is 13.6. The van der Waals surface area contributed by atoms with Gasteiger partial charge in [0.05, 0.1) is 6.54 Å². The number of benzene rings is 2. The van der Waals surface area contributed by atoms with Crippen LogP contribution < -0.4 is 9.47 Å². The molecule has 0 bridgehead atoms. The topological polar surface area (TPSA) is 72.2 Å². The molecular formula is C27H27ClN2O5. The van der Waals surface area contributed by atoms with Gasteiger partial charge in [0.1, 0.15) is 23.4 Å². The zero-order valence-electron chi connectivity index (χ0n) is 19.5. The first kappa shape index (κ1) is 23.3. The lowest BCUT2D eigenvalue weighted by Crippen LogP contribution is -2.44. The van der Waals surface area contributed by atoms with Crippen LogP contribution in [0.1, 0.15) is 40.9 Å². The quantitative estimate of drug-likeness (QED) is 0.399. The molecule has 1 aromatic heterocycles. The minimum Gasteiger partial charge on any atom is -0.464 e. The molecule has 1 atom stereocenters. The summed E-state index contributed by atoms with van der Waals surface area (Å²) in [6.07, 6.45) is 1.74. The minimum absolute atomic E-state index is 0.0367. The highest BCUT2D eigenvalue weighted by Crippen LogP contribution is 2.34. The van der Waals surface area contributed by atoms with Crippen LogP contribution in [0.15, 0.2) is 65.1 Å². The molecule has 0 radical (unpaired) electrons. The van der Waals surface area contributed by atoms with Crippen molar-refractivity contribution < 1.29 is 23.5 Å². The van der Waals surface area contributed by atoms with Crippen molar-refractivity contribution in [3.8, 4) is 11.5 Å². The molecule has 1 aliphatic heterocycles. The lowest BCUT2D eigenvalue weighted by Gasteiger charge is -2.29. The Kier molecular flexibility index (Phi) is 6.68. The van der Waals surface area contributed by atoms with Crippen LogP contribution >= 0.6 is 11.6 Å². The Balaban J connectivity index is 1.35. The molecule has 2 heterocycles. The molecule has 0 saturated heterocycles. The number of ether oxygens (including phenoxy) is 2. The molecule has 5 rings (SSSR count). The van der Waals surface area contributed by atoms with E-state index < -0.39 is 5.38 Å². The Morgan fingerprint density at radius 1 is 1.00 bits per heavy atom. The maximum atomic E-state index is 13.6. The van der Waals surface area contributed by atoms with Crippen molar-refractivity contribution in [2.75, 3.05) is 13.3 Å². The molecule has 8 heteroatoms. The molecule has 182 valence electrons. The fourth-order valence-corrected chi connectivity index (χ4v) is 4.45.